The molecule has 0 bridgehead atoms. The maximum Gasteiger partial charge on any atom is 0.341 e. The zero-order valence-electron chi connectivity index (χ0n) is 11.3. The molecule has 0 saturated heterocycles. The zero-order chi connectivity index (χ0) is 14.5. The Morgan fingerprint density at radius 1 is 1.35 bits per heavy atom. The molecule has 2 aromatic rings. The molecule has 0 aliphatic carbocycles. The van der Waals surface area contributed by atoms with Crippen LogP contribution in [0.2, 0.25) is 0 Å². The van der Waals surface area contributed by atoms with Crippen molar-refractivity contribution in [2.75, 3.05) is 6.61 Å². The first kappa shape index (κ1) is 14.4. The Morgan fingerprint density at radius 3 is 2.80 bits per heavy atom. The molecule has 5 nitrogen and oxygen atoms in total. The second-order valence-electron chi connectivity index (χ2n) is 4.07. The summed E-state index contributed by atoms with van der Waals surface area (Å²) in [4.78, 5) is 24.6. The van der Waals surface area contributed by atoms with Crippen molar-refractivity contribution >= 4 is 17.6 Å². The van der Waals surface area contributed by atoms with Crippen LogP contribution in [0, 0.1) is 6.92 Å². The molecule has 2 aromatic heterocycles. The van der Waals surface area contributed by atoms with Crippen molar-refractivity contribution in [1.29, 1.82) is 0 Å². The van der Waals surface area contributed by atoms with E-state index in [1.807, 2.05) is 25.1 Å². The van der Waals surface area contributed by atoms with E-state index in [0.717, 1.165) is 5.69 Å². The Bertz CT molecular complexity index is 632. The highest BCUT2D eigenvalue weighted by Crippen LogP contribution is 2.16. The topological polar surface area (TPSA) is 65.0 Å². The van der Waals surface area contributed by atoms with Gasteiger partial charge >= 0.3 is 5.97 Å². The fourth-order valence-corrected chi connectivity index (χ4v) is 1.89. The van der Waals surface area contributed by atoms with E-state index in [1.165, 1.54) is 6.20 Å². The molecule has 0 amide bonds. The van der Waals surface area contributed by atoms with Crippen LogP contribution in [0.1, 0.15) is 28.7 Å². The number of alkyl halides is 1. The van der Waals surface area contributed by atoms with Crippen molar-refractivity contribution in [3.63, 3.8) is 0 Å². The highest BCUT2D eigenvalue weighted by atomic mass is 35.5. The molecule has 0 N–H and O–H groups in total. The Labute approximate surface area is 122 Å². The van der Waals surface area contributed by atoms with Crippen LogP contribution in [0.5, 0.6) is 0 Å². The second-order valence-corrected chi connectivity index (χ2v) is 4.34. The summed E-state index contributed by atoms with van der Waals surface area (Å²) in [5, 5.41) is 0. The maximum atomic E-state index is 11.7. The molecule has 0 spiro atoms. The number of ether oxygens (including phenoxy) is 1. The molecule has 0 aliphatic rings. The van der Waals surface area contributed by atoms with E-state index < -0.39 is 5.97 Å². The minimum absolute atomic E-state index is 0.107. The van der Waals surface area contributed by atoms with Crippen molar-refractivity contribution in [1.82, 2.24) is 15.0 Å². The van der Waals surface area contributed by atoms with Crippen LogP contribution in [0.3, 0.4) is 0 Å². The maximum absolute atomic E-state index is 11.7. The number of hydrogen-bond donors (Lipinski definition) is 0. The molecule has 0 atom stereocenters. The third-order valence-electron chi connectivity index (χ3n) is 2.61. The van der Waals surface area contributed by atoms with Crippen LogP contribution >= 0.6 is 11.6 Å². The summed E-state index contributed by atoms with van der Waals surface area (Å²) in [6.07, 6.45) is 1.43. The summed E-state index contributed by atoms with van der Waals surface area (Å²) < 4.78 is 4.94. The number of aromatic nitrogens is 3. The fourth-order valence-electron chi connectivity index (χ4n) is 1.69. The molecule has 6 heteroatoms. The number of rotatable bonds is 4. The third-order valence-corrected chi connectivity index (χ3v) is 2.86. The van der Waals surface area contributed by atoms with E-state index in [0.29, 0.717) is 29.4 Å². The lowest BCUT2D eigenvalue weighted by atomic mass is 10.2. The van der Waals surface area contributed by atoms with Crippen LogP contribution in [0.4, 0.5) is 0 Å². The Kier molecular flexibility index (Phi) is 4.63. The summed E-state index contributed by atoms with van der Waals surface area (Å²) in [6.45, 7) is 3.92. The van der Waals surface area contributed by atoms with Gasteiger partial charge in [-0.15, -0.1) is 11.6 Å². The van der Waals surface area contributed by atoms with E-state index in [4.69, 9.17) is 16.3 Å². The molecule has 0 fully saturated rings. The highest BCUT2D eigenvalue weighted by Gasteiger charge is 2.16. The van der Waals surface area contributed by atoms with Gasteiger partial charge in [-0.3, -0.25) is 0 Å². The predicted octanol–water partition coefficient (Wildman–Crippen LogP) is 2.76. The molecule has 104 valence electrons. The first-order valence-electron chi connectivity index (χ1n) is 6.18. The monoisotopic (exact) mass is 291 g/mol. The van der Waals surface area contributed by atoms with Gasteiger partial charge in [-0.05, 0) is 26.0 Å². The van der Waals surface area contributed by atoms with Gasteiger partial charge in [-0.2, -0.15) is 0 Å². The average Bonchev–Trinajstić information content (AvgIpc) is 2.46. The number of carbonyl (C=O) groups excluding carboxylic acids is 1. The fraction of sp³-hybridized carbons (Fsp3) is 0.286. The smallest absolute Gasteiger partial charge is 0.341 e. The van der Waals surface area contributed by atoms with Gasteiger partial charge in [-0.25, -0.2) is 19.7 Å². The summed E-state index contributed by atoms with van der Waals surface area (Å²) in [7, 11) is 0. The largest absolute Gasteiger partial charge is 0.462 e. The van der Waals surface area contributed by atoms with E-state index >= 15 is 0 Å². The van der Waals surface area contributed by atoms with Gasteiger partial charge in [-0.1, -0.05) is 6.07 Å². The standard InChI is InChI=1S/C14H14ClN3O2/c1-3-20-14(19)10-8-16-13(18-12(10)7-15)11-6-4-5-9(2)17-11/h4-6,8H,3,7H2,1-2H3. The minimum atomic E-state index is -0.466. The van der Waals surface area contributed by atoms with Crippen molar-refractivity contribution in [2.45, 2.75) is 19.7 Å². The SMILES string of the molecule is CCOC(=O)c1cnc(-c2cccc(C)n2)nc1CCl. The van der Waals surface area contributed by atoms with Crippen molar-refractivity contribution < 1.29 is 9.53 Å². The normalized spacial score (nSPS) is 10.3. The molecule has 20 heavy (non-hydrogen) atoms. The summed E-state index contributed by atoms with van der Waals surface area (Å²) in [6, 6.07) is 5.57. The summed E-state index contributed by atoms with van der Waals surface area (Å²) in [5.74, 6) is 0.0828. The molecule has 0 aliphatic heterocycles. The first-order chi connectivity index (χ1) is 9.65. The minimum Gasteiger partial charge on any atom is -0.462 e. The molecule has 0 unspecified atom stereocenters. The number of esters is 1. The van der Waals surface area contributed by atoms with Gasteiger partial charge in [0.15, 0.2) is 5.82 Å². The van der Waals surface area contributed by atoms with Crippen molar-refractivity contribution in [2.24, 2.45) is 0 Å². The predicted molar refractivity (Wildman–Crippen MR) is 75.5 cm³/mol. The molecule has 0 aromatic carbocycles. The Morgan fingerprint density at radius 2 is 2.15 bits per heavy atom. The second kappa shape index (κ2) is 6.43. The lowest BCUT2D eigenvalue weighted by Crippen LogP contribution is -2.10. The Balaban J connectivity index is 2.41. The van der Waals surface area contributed by atoms with Gasteiger partial charge in [0, 0.05) is 11.9 Å². The van der Waals surface area contributed by atoms with Crippen LogP contribution < -0.4 is 0 Å². The van der Waals surface area contributed by atoms with Gasteiger partial charge in [0.2, 0.25) is 0 Å². The summed E-state index contributed by atoms with van der Waals surface area (Å²) in [5.41, 5.74) is 2.25. The molecular formula is C14H14ClN3O2. The van der Waals surface area contributed by atoms with Gasteiger partial charge in [0.25, 0.3) is 0 Å². The van der Waals surface area contributed by atoms with Crippen molar-refractivity contribution in [3.05, 3.63) is 41.3 Å². The van der Waals surface area contributed by atoms with Gasteiger partial charge < -0.3 is 4.74 Å². The lowest BCUT2D eigenvalue weighted by molar-refractivity contribution is 0.0524. The molecule has 2 heterocycles. The number of hydrogen-bond acceptors (Lipinski definition) is 5. The van der Waals surface area contributed by atoms with Crippen LogP contribution in [0.15, 0.2) is 24.4 Å². The molecule has 0 radical (unpaired) electrons. The average molecular weight is 292 g/mol. The van der Waals surface area contributed by atoms with E-state index in [2.05, 4.69) is 15.0 Å². The zero-order valence-corrected chi connectivity index (χ0v) is 12.0. The number of halogens is 1. The first-order valence-corrected chi connectivity index (χ1v) is 6.72. The van der Waals surface area contributed by atoms with E-state index in [1.54, 1.807) is 6.92 Å². The molecule has 0 saturated carbocycles. The number of aryl methyl sites for hydroxylation is 1. The van der Waals surface area contributed by atoms with Crippen LogP contribution in [0.25, 0.3) is 11.5 Å². The molecular weight excluding hydrogens is 278 g/mol. The van der Waals surface area contributed by atoms with Gasteiger partial charge in [0.05, 0.1) is 18.2 Å². The summed E-state index contributed by atoms with van der Waals surface area (Å²) >= 11 is 5.85. The molecule has 2 rings (SSSR count). The number of nitrogens with zero attached hydrogens (tertiary/aromatic N) is 3. The highest BCUT2D eigenvalue weighted by molar-refractivity contribution is 6.17. The Hall–Kier alpha value is -2.01. The van der Waals surface area contributed by atoms with Gasteiger partial charge in [0.1, 0.15) is 11.3 Å². The number of carbonyl (C=O) groups is 1. The van der Waals surface area contributed by atoms with E-state index in [-0.39, 0.29) is 5.88 Å². The van der Waals surface area contributed by atoms with E-state index in [9.17, 15) is 4.79 Å². The quantitative estimate of drug-likeness (QED) is 0.640. The number of pyridine rings is 1. The lowest BCUT2D eigenvalue weighted by Gasteiger charge is -2.07. The third kappa shape index (κ3) is 3.11. The van der Waals surface area contributed by atoms with Crippen molar-refractivity contribution in [3.8, 4) is 11.5 Å². The van der Waals surface area contributed by atoms with Crippen LogP contribution in [-0.4, -0.2) is 27.5 Å². The van der Waals surface area contributed by atoms with Crippen LogP contribution in [-0.2, 0) is 10.6 Å².